The van der Waals surface area contributed by atoms with Crippen LogP contribution in [0.3, 0.4) is 0 Å². The summed E-state index contributed by atoms with van der Waals surface area (Å²) in [5.74, 6) is 2.18. The first-order chi connectivity index (χ1) is 13.1. The zero-order chi connectivity index (χ0) is 19.2. The molecule has 0 saturated carbocycles. The van der Waals surface area contributed by atoms with Crippen molar-refractivity contribution in [1.82, 2.24) is 4.98 Å². The molecule has 7 heteroatoms. The number of para-hydroxylation sites is 1. The van der Waals surface area contributed by atoms with Gasteiger partial charge in [-0.15, -0.1) is 0 Å². The van der Waals surface area contributed by atoms with E-state index in [1.807, 2.05) is 18.2 Å². The summed E-state index contributed by atoms with van der Waals surface area (Å²) in [5.41, 5.74) is 1.35. The van der Waals surface area contributed by atoms with Crippen LogP contribution >= 0.6 is 11.6 Å². The summed E-state index contributed by atoms with van der Waals surface area (Å²) in [4.78, 5) is 16.4. The number of carbonyl (C=O) groups excluding carboxylic acids is 1. The normalized spacial score (nSPS) is 10.5. The average molecular weight is 387 g/mol. The summed E-state index contributed by atoms with van der Waals surface area (Å²) in [5, 5.41) is 3.27. The van der Waals surface area contributed by atoms with Gasteiger partial charge in [-0.1, -0.05) is 23.7 Å². The van der Waals surface area contributed by atoms with Crippen molar-refractivity contribution in [2.75, 3.05) is 19.5 Å². The van der Waals surface area contributed by atoms with E-state index in [1.54, 1.807) is 44.7 Å². The molecular formula is C20H19ClN2O4. The van der Waals surface area contributed by atoms with Gasteiger partial charge in [-0.3, -0.25) is 4.79 Å². The second-order valence-electron chi connectivity index (χ2n) is 5.71. The van der Waals surface area contributed by atoms with Crippen LogP contribution in [0.5, 0.6) is 11.5 Å². The van der Waals surface area contributed by atoms with E-state index in [9.17, 15) is 4.79 Å². The predicted octanol–water partition coefficient (Wildman–Crippen LogP) is 4.58. The van der Waals surface area contributed by atoms with Crippen molar-refractivity contribution in [1.29, 1.82) is 0 Å². The van der Waals surface area contributed by atoms with E-state index < -0.39 is 0 Å². The summed E-state index contributed by atoms with van der Waals surface area (Å²) < 4.78 is 16.3. The van der Waals surface area contributed by atoms with E-state index >= 15 is 0 Å². The SMILES string of the molecule is COc1ccc(-c2cnc(CCC(=O)Nc3ccccc3Cl)o2)c(OC)c1. The highest BCUT2D eigenvalue weighted by molar-refractivity contribution is 6.33. The van der Waals surface area contributed by atoms with Crippen molar-refractivity contribution in [3.05, 3.63) is 59.6 Å². The lowest BCUT2D eigenvalue weighted by atomic mass is 10.1. The third kappa shape index (κ3) is 4.60. The minimum absolute atomic E-state index is 0.162. The van der Waals surface area contributed by atoms with E-state index in [0.717, 1.165) is 5.56 Å². The van der Waals surface area contributed by atoms with Crippen molar-refractivity contribution in [3.63, 3.8) is 0 Å². The van der Waals surface area contributed by atoms with E-state index in [1.165, 1.54) is 0 Å². The number of aryl methyl sites for hydroxylation is 1. The molecule has 1 N–H and O–H groups in total. The Labute approximate surface area is 162 Å². The van der Waals surface area contributed by atoms with Crippen LogP contribution in [-0.2, 0) is 11.2 Å². The Morgan fingerprint density at radius 3 is 2.74 bits per heavy atom. The Bertz CT molecular complexity index is 939. The van der Waals surface area contributed by atoms with Gasteiger partial charge < -0.3 is 19.2 Å². The fraction of sp³-hybridized carbons (Fsp3) is 0.200. The Balaban J connectivity index is 1.65. The number of amides is 1. The van der Waals surface area contributed by atoms with Crippen LogP contribution in [0.2, 0.25) is 5.02 Å². The molecule has 140 valence electrons. The molecule has 0 atom stereocenters. The van der Waals surface area contributed by atoms with Gasteiger partial charge in [0.15, 0.2) is 11.7 Å². The number of ether oxygens (including phenoxy) is 2. The number of nitrogens with zero attached hydrogens (tertiary/aromatic N) is 1. The lowest BCUT2D eigenvalue weighted by molar-refractivity contribution is -0.116. The fourth-order valence-corrected chi connectivity index (χ4v) is 2.73. The van der Waals surface area contributed by atoms with E-state index in [2.05, 4.69) is 10.3 Å². The van der Waals surface area contributed by atoms with Crippen LogP contribution in [0, 0.1) is 0 Å². The molecular weight excluding hydrogens is 368 g/mol. The number of nitrogens with one attached hydrogen (secondary N) is 1. The number of aromatic nitrogens is 1. The minimum Gasteiger partial charge on any atom is -0.497 e. The van der Waals surface area contributed by atoms with Gasteiger partial charge in [0.1, 0.15) is 11.5 Å². The van der Waals surface area contributed by atoms with Gasteiger partial charge in [0, 0.05) is 18.9 Å². The molecule has 0 aliphatic heterocycles. The molecule has 27 heavy (non-hydrogen) atoms. The van der Waals surface area contributed by atoms with Gasteiger partial charge in [0.25, 0.3) is 0 Å². The summed E-state index contributed by atoms with van der Waals surface area (Å²) >= 11 is 6.04. The number of hydrogen-bond donors (Lipinski definition) is 1. The molecule has 0 aliphatic carbocycles. The molecule has 3 rings (SSSR count). The van der Waals surface area contributed by atoms with Crippen LogP contribution in [0.1, 0.15) is 12.3 Å². The molecule has 0 fully saturated rings. The van der Waals surface area contributed by atoms with Crippen LogP contribution < -0.4 is 14.8 Å². The number of anilines is 1. The maximum atomic E-state index is 12.1. The molecule has 0 aliphatic rings. The summed E-state index contributed by atoms with van der Waals surface area (Å²) in [6.07, 6.45) is 2.21. The number of methoxy groups -OCH3 is 2. The molecule has 0 unspecified atom stereocenters. The van der Waals surface area contributed by atoms with Crippen LogP contribution in [-0.4, -0.2) is 25.1 Å². The molecule has 1 aromatic heterocycles. The second-order valence-corrected chi connectivity index (χ2v) is 6.12. The topological polar surface area (TPSA) is 73.6 Å². The smallest absolute Gasteiger partial charge is 0.224 e. The highest BCUT2D eigenvalue weighted by Crippen LogP contribution is 2.33. The van der Waals surface area contributed by atoms with Crippen LogP contribution in [0.4, 0.5) is 5.69 Å². The van der Waals surface area contributed by atoms with Crippen molar-refractivity contribution in [3.8, 4) is 22.8 Å². The van der Waals surface area contributed by atoms with Gasteiger partial charge in [-0.25, -0.2) is 4.98 Å². The molecule has 0 bridgehead atoms. The Morgan fingerprint density at radius 1 is 1.19 bits per heavy atom. The third-order valence-corrected chi connectivity index (χ3v) is 4.27. The van der Waals surface area contributed by atoms with Crippen molar-refractivity contribution in [2.24, 2.45) is 0 Å². The molecule has 6 nitrogen and oxygen atoms in total. The maximum Gasteiger partial charge on any atom is 0.224 e. The molecule has 0 radical (unpaired) electrons. The third-order valence-electron chi connectivity index (χ3n) is 3.94. The zero-order valence-corrected chi connectivity index (χ0v) is 15.7. The van der Waals surface area contributed by atoms with Gasteiger partial charge >= 0.3 is 0 Å². The molecule has 3 aromatic rings. The monoisotopic (exact) mass is 386 g/mol. The Hall–Kier alpha value is -2.99. The first-order valence-corrected chi connectivity index (χ1v) is 8.70. The van der Waals surface area contributed by atoms with E-state index in [-0.39, 0.29) is 12.3 Å². The molecule has 0 saturated heterocycles. The molecule has 1 amide bonds. The number of rotatable bonds is 7. The first-order valence-electron chi connectivity index (χ1n) is 8.32. The molecule has 2 aromatic carbocycles. The first kappa shape index (κ1) is 18.8. The number of hydrogen-bond acceptors (Lipinski definition) is 5. The highest BCUT2D eigenvalue weighted by atomic mass is 35.5. The number of oxazole rings is 1. The maximum absolute atomic E-state index is 12.1. The number of benzene rings is 2. The second kappa shape index (κ2) is 8.60. The van der Waals surface area contributed by atoms with E-state index in [0.29, 0.717) is 40.3 Å². The van der Waals surface area contributed by atoms with E-state index in [4.69, 9.17) is 25.5 Å². The van der Waals surface area contributed by atoms with Gasteiger partial charge in [0.05, 0.1) is 36.7 Å². The Morgan fingerprint density at radius 2 is 2.00 bits per heavy atom. The summed E-state index contributed by atoms with van der Waals surface area (Å²) in [6, 6.07) is 12.5. The number of halogens is 1. The average Bonchev–Trinajstić information content (AvgIpc) is 3.16. The largest absolute Gasteiger partial charge is 0.497 e. The van der Waals surface area contributed by atoms with Crippen LogP contribution in [0.25, 0.3) is 11.3 Å². The molecule has 0 spiro atoms. The molecule has 1 heterocycles. The van der Waals surface area contributed by atoms with Crippen LogP contribution in [0.15, 0.2) is 53.1 Å². The van der Waals surface area contributed by atoms with Gasteiger partial charge in [-0.2, -0.15) is 0 Å². The van der Waals surface area contributed by atoms with Gasteiger partial charge in [0.2, 0.25) is 5.91 Å². The van der Waals surface area contributed by atoms with Crippen molar-refractivity contribution in [2.45, 2.75) is 12.8 Å². The lowest BCUT2D eigenvalue weighted by Crippen LogP contribution is -2.12. The zero-order valence-electron chi connectivity index (χ0n) is 15.0. The van der Waals surface area contributed by atoms with Gasteiger partial charge in [-0.05, 0) is 24.3 Å². The minimum atomic E-state index is -0.162. The predicted molar refractivity (Wildman–Crippen MR) is 103 cm³/mol. The fourth-order valence-electron chi connectivity index (χ4n) is 2.55. The lowest BCUT2D eigenvalue weighted by Gasteiger charge is -2.08. The summed E-state index contributed by atoms with van der Waals surface area (Å²) in [6.45, 7) is 0. The number of carbonyl (C=O) groups is 1. The highest BCUT2D eigenvalue weighted by Gasteiger charge is 2.14. The quantitative estimate of drug-likeness (QED) is 0.643. The Kier molecular flexibility index (Phi) is 5.98. The van der Waals surface area contributed by atoms with Crippen molar-refractivity contribution < 1.29 is 18.7 Å². The standard InChI is InChI=1S/C20H19ClN2O4/c1-25-13-7-8-14(17(11-13)26-2)18-12-22-20(27-18)10-9-19(24)23-16-6-4-3-5-15(16)21/h3-8,11-12H,9-10H2,1-2H3,(H,23,24). The summed E-state index contributed by atoms with van der Waals surface area (Å²) in [7, 11) is 3.17. The van der Waals surface area contributed by atoms with Crippen molar-refractivity contribution >= 4 is 23.2 Å².